The highest BCUT2D eigenvalue weighted by molar-refractivity contribution is 7.91. The van der Waals surface area contributed by atoms with Crippen LogP contribution < -0.4 is 5.73 Å². The first-order chi connectivity index (χ1) is 9.35. The lowest BCUT2D eigenvalue weighted by atomic mass is 10.0. The number of nitrogen functional groups attached to an aromatic ring is 1. The smallest absolute Gasteiger partial charge is 0.256 e. The third-order valence-corrected chi connectivity index (χ3v) is 5.52. The van der Waals surface area contributed by atoms with Crippen molar-refractivity contribution in [1.29, 1.82) is 0 Å². The molecule has 1 aliphatic rings. The van der Waals surface area contributed by atoms with E-state index in [1.807, 2.05) is 19.9 Å². The van der Waals surface area contributed by atoms with Crippen LogP contribution in [0.1, 0.15) is 29.3 Å². The largest absolute Gasteiger partial charge is 0.398 e. The highest BCUT2D eigenvalue weighted by Gasteiger charge is 2.34. The van der Waals surface area contributed by atoms with Crippen molar-refractivity contribution >= 4 is 21.4 Å². The number of aryl methyl sites for hydroxylation is 1. The minimum atomic E-state index is -3.01. The molecule has 1 atom stereocenters. The predicted octanol–water partition coefficient (Wildman–Crippen LogP) is 1.23. The predicted molar refractivity (Wildman–Crippen MR) is 79.4 cm³/mol. The summed E-state index contributed by atoms with van der Waals surface area (Å²) in [5.41, 5.74) is 7.64. The number of sulfone groups is 1. The molecule has 6 heteroatoms. The van der Waals surface area contributed by atoms with Crippen LogP contribution in [0.4, 0.5) is 5.69 Å². The van der Waals surface area contributed by atoms with E-state index in [4.69, 9.17) is 5.73 Å². The zero-order valence-electron chi connectivity index (χ0n) is 11.8. The van der Waals surface area contributed by atoms with E-state index in [2.05, 4.69) is 0 Å². The number of rotatable bonds is 3. The van der Waals surface area contributed by atoms with E-state index in [1.54, 1.807) is 17.0 Å². The Bertz CT molecular complexity index is 605. The summed E-state index contributed by atoms with van der Waals surface area (Å²) in [6.07, 6.45) is 0.508. The number of anilines is 1. The van der Waals surface area contributed by atoms with E-state index >= 15 is 0 Å². The Morgan fingerprint density at radius 2 is 2.15 bits per heavy atom. The van der Waals surface area contributed by atoms with Gasteiger partial charge in [0.25, 0.3) is 5.91 Å². The van der Waals surface area contributed by atoms with Crippen molar-refractivity contribution < 1.29 is 13.2 Å². The Morgan fingerprint density at radius 3 is 2.65 bits per heavy atom. The molecule has 1 heterocycles. The van der Waals surface area contributed by atoms with E-state index < -0.39 is 9.84 Å². The van der Waals surface area contributed by atoms with Gasteiger partial charge in [-0.25, -0.2) is 8.42 Å². The van der Waals surface area contributed by atoms with Crippen LogP contribution in [0.5, 0.6) is 0 Å². The average Bonchev–Trinajstić information content (AvgIpc) is 2.70. The Balaban J connectivity index is 2.31. The van der Waals surface area contributed by atoms with E-state index in [1.165, 1.54) is 0 Å². The second kappa shape index (κ2) is 5.44. The summed E-state index contributed by atoms with van der Waals surface area (Å²) in [5.74, 6) is 0.0356. The van der Waals surface area contributed by atoms with Gasteiger partial charge in [0.1, 0.15) is 0 Å². The summed E-state index contributed by atoms with van der Waals surface area (Å²) in [6.45, 7) is 4.17. The first-order valence-electron chi connectivity index (χ1n) is 6.72. The summed E-state index contributed by atoms with van der Waals surface area (Å²) in [5, 5.41) is 0. The van der Waals surface area contributed by atoms with Gasteiger partial charge in [-0.1, -0.05) is 12.1 Å². The fourth-order valence-electron chi connectivity index (χ4n) is 2.72. The molecule has 20 heavy (non-hydrogen) atoms. The molecule has 1 aliphatic heterocycles. The van der Waals surface area contributed by atoms with Gasteiger partial charge in [-0.3, -0.25) is 4.79 Å². The van der Waals surface area contributed by atoms with Crippen molar-refractivity contribution in [2.75, 3.05) is 23.8 Å². The van der Waals surface area contributed by atoms with Gasteiger partial charge >= 0.3 is 0 Å². The maximum absolute atomic E-state index is 12.7. The molecule has 2 rings (SSSR count). The first-order valence-corrected chi connectivity index (χ1v) is 8.54. The Kier molecular flexibility index (Phi) is 4.04. The lowest BCUT2D eigenvalue weighted by Crippen LogP contribution is -2.41. The maximum Gasteiger partial charge on any atom is 0.256 e. The number of hydrogen-bond donors (Lipinski definition) is 1. The third-order valence-electron chi connectivity index (χ3n) is 3.77. The highest BCUT2D eigenvalue weighted by Crippen LogP contribution is 2.23. The second-order valence-electron chi connectivity index (χ2n) is 5.19. The SMILES string of the molecule is CCN(C(=O)c1c(C)cccc1N)C1CCS(=O)(=O)C1. The summed E-state index contributed by atoms with van der Waals surface area (Å²) in [4.78, 5) is 14.3. The minimum absolute atomic E-state index is 0.0539. The number of benzene rings is 1. The standard InChI is InChI=1S/C14H20N2O3S/c1-3-16(11-7-8-20(18,19)9-11)14(17)13-10(2)5-4-6-12(13)15/h4-6,11H,3,7-9,15H2,1-2H3. The molecule has 1 amide bonds. The minimum Gasteiger partial charge on any atom is -0.398 e. The molecule has 1 fully saturated rings. The maximum atomic E-state index is 12.7. The van der Waals surface area contributed by atoms with Crippen molar-refractivity contribution in [1.82, 2.24) is 4.90 Å². The summed E-state index contributed by atoms with van der Waals surface area (Å²) in [6, 6.07) is 5.09. The number of nitrogens with two attached hydrogens (primary N) is 1. The summed E-state index contributed by atoms with van der Waals surface area (Å²) >= 11 is 0. The highest BCUT2D eigenvalue weighted by atomic mass is 32.2. The molecule has 0 aromatic heterocycles. The topological polar surface area (TPSA) is 80.5 Å². The normalized spacial score (nSPS) is 20.8. The fourth-order valence-corrected chi connectivity index (χ4v) is 4.45. The second-order valence-corrected chi connectivity index (χ2v) is 7.42. The van der Waals surface area contributed by atoms with Crippen molar-refractivity contribution in [3.63, 3.8) is 0 Å². The molecule has 5 nitrogen and oxygen atoms in total. The van der Waals surface area contributed by atoms with E-state index in [-0.39, 0.29) is 23.5 Å². The Morgan fingerprint density at radius 1 is 1.45 bits per heavy atom. The molecule has 110 valence electrons. The molecule has 0 aliphatic carbocycles. The van der Waals surface area contributed by atoms with Gasteiger partial charge in [0.2, 0.25) is 0 Å². The van der Waals surface area contributed by atoms with Crippen molar-refractivity contribution in [3.8, 4) is 0 Å². The van der Waals surface area contributed by atoms with Gasteiger partial charge in [0, 0.05) is 18.3 Å². The Hall–Kier alpha value is -1.56. The lowest BCUT2D eigenvalue weighted by molar-refractivity contribution is 0.0709. The summed E-state index contributed by atoms with van der Waals surface area (Å²) in [7, 11) is -3.01. The van der Waals surface area contributed by atoms with Gasteiger partial charge in [-0.2, -0.15) is 0 Å². The zero-order valence-corrected chi connectivity index (χ0v) is 12.6. The first kappa shape index (κ1) is 14.8. The molecular formula is C14H20N2O3S. The molecule has 1 aromatic rings. The van der Waals surface area contributed by atoms with E-state index in [0.717, 1.165) is 5.56 Å². The van der Waals surface area contributed by atoms with Crippen molar-refractivity contribution in [2.45, 2.75) is 26.3 Å². The molecular weight excluding hydrogens is 276 g/mol. The molecule has 0 saturated carbocycles. The fraction of sp³-hybridized carbons (Fsp3) is 0.500. The van der Waals surface area contributed by atoms with Crippen LogP contribution in [0.2, 0.25) is 0 Å². The van der Waals surface area contributed by atoms with Crippen LogP contribution in [0.3, 0.4) is 0 Å². The van der Waals surface area contributed by atoms with Crippen LogP contribution in [0.15, 0.2) is 18.2 Å². The molecule has 1 saturated heterocycles. The van der Waals surface area contributed by atoms with Gasteiger partial charge < -0.3 is 10.6 Å². The molecule has 0 spiro atoms. The van der Waals surface area contributed by atoms with Gasteiger partial charge in [0.15, 0.2) is 9.84 Å². The van der Waals surface area contributed by atoms with E-state index in [0.29, 0.717) is 24.2 Å². The van der Waals surface area contributed by atoms with Crippen LogP contribution in [0.25, 0.3) is 0 Å². The van der Waals surface area contributed by atoms with Crippen molar-refractivity contribution in [2.24, 2.45) is 0 Å². The average molecular weight is 296 g/mol. The number of nitrogens with zero attached hydrogens (tertiary/aromatic N) is 1. The van der Waals surface area contributed by atoms with Gasteiger partial charge in [0.05, 0.1) is 17.1 Å². The van der Waals surface area contributed by atoms with Gasteiger partial charge in [-0.05, 0) is 31.9 Å². The van der Waals surface area contributed by atoms with Crippen molar-refractivity contribution in [3.05, 3.63) is 29.3 Å². The molecule has 1 aromatic carbocycles. The van der Waals surface area contributed by atoms with Gasteiger partial charge in [-0.15, -0.1) is 0 Å². The molecule has 0 radical (unpaired) electrons. The lowest BCUT2D eigenvalue weighted by Gasteiger charge is -2.28. The van der Waals surface area contributed by atoms with Crippen LogP contribution >= 0.6 is 0 Å². The number of hydrogen-bond acceptors (Lipinski definition) is 4. The number of carbonyl (C=O) groups excluding carboxylic acids is 1. The molecule has 1 unspecified atom stereocenters. The zero-order chi connectivity index (χ0) is 14.9. The number of carbonyl (C=O) groups is 1. The quantitative estimate of drug-likeness (QED) is 0.851. The monoisotopic (exact) mass is 296 g/mol. The molecule has 0 bridgehead atoms. The third kappa shape index (κ3) is 2.80. The van der Waals surface area contributed by atoms with Crippen LogP contribution in [0, 0.1) is 6.92 Å². The van der Waals surface area contributed by atoms with Crippen LogP contribution in [-0.4, -0.2) is 43.3 Å². The number of amides is 1. The van der Waals surface area contributed by atoms with Crippen LogP contribution in [-0.2, 0) is 9.84 Å². The Labute approximate surface area is 119 Å². The molecule has 2 N–H and O–H groups in total. The van der Waals surface area contributed by atoms with E-state index in [9.17, 15) is 13.2 Å². The summed E-state index contributed by atoms with van der Waals surface area (Å²) < 4.78 is 23.2.